The summed E-state index contributed by atoms with van der Waals surface area (Å²) in [5, 5.41) is 3.38. The molecular formula is C23H25F5N4O2. The van der Waals surface area contributed by atoms with Crippen molar-refractivity contribution >= 4 is 17.4 Å². The number of benzene rings is 1. The van der Waals surface area contributed by atoms with Gasteiger partial charge in [0, 0.05) is 36.6 Å². The van der Waals surface area contributed by atoms with Gasteiger partial charge in [0.25, 0.3) is 0 Å². The summed E-state index contributed by atoms with van der Waals surface area (Å²) in [6.07, 6.45) is -4.25. The molecule has 0 radical (unpaired) electrons. The molecule has 1 amide bonds. The minimum Gasteiger partial charge on any atom is -0.378 e. The molecule has 2 atom stereocenters. The molecule has 2 aromatic rings. The quantitative estimate of drug-likeness (QED) is 0.635. The summed E-state index contributed by atoms with van der Waals surface area (Å²) >= 11 is 0. The molecule has 0 saturated carbocycles. The summed E-state index contributed by atoms with van der Waals surface area (Å²) in [6.45, 7) is 4.62. The van der Waals surface area contributed by atoms with Gasteiger partial charge in [-0.15, -0.1) is 0 Å². The van der Waals surface area contributed by atoms with Gasteiger partial charge in [0.05, 0.1) is 24.8 Å². The van der Waals surface area contributed by atoms with Crippen molar-refractivity contribution in [2.45, 2.75) is 44.6 Å². The van der Waals surface area contributed by atoms with E-state index in [1.807, 2.05) is 0 Å². The topological polar surface area (TPSA) is 57.7 Å². The van der Waals surface area contributed by atoms with Gasteiger partial charge in [-0.2, -0.15) is 13.2 Å². The Morgan fingerprint density at radius 1 is 1.18 bits per heavy atom. The molecule has 0 spiro atoms. The average Bonchev–Trinajstić information content (AvgIpc) is 3.17. The summed E-state index contributed by atoms with van der Waals surface area (Å²) in [5.74, 6) is -2.52. The molecule has 4 rings (SSSR count). The number of amides is 1. The van der Waals surface area contributed by atoms with Gasteiger partial charge >= 0.3 is 6.18 Å². The molecule has 0 bridgehead atoms. The Bertz CT molecular complexity index is 1060. The number of halogens is 5. The third-order valence-electron chi connectivity index (χ3n) is 6.05. The number of hydrogen-bond donors (Lipinski definition) is 1. The highest BCUT2D eigenvalue weighted by atomic mass is 19.4. The van der Waals surface area contributed by atoms with Gasteiger partial charge in [-0.25, -0.2) is 13.8 Å². The van der Waals surface area contributed by atoms with E-state index in [0.29, 0.717) is 19.6 Å². The number of carbonyl (C=O) groups is 1. The van der Waals surface area contributed by atoms with Crippen LogP contribution < -0.4 is 15.1 Å². The first-order valence-electron chi connectivity index (χ1n) is 11.0. The molecule has 3 heterocycles. The Hall–Kier alpha value is -2.79. The van der Waals surface area contributed by atoms with Crippen molar-refractivity contribution in [3.05, 3.63) is 53.2 Å². The number of alkyl halides is 3. The van der Waals surface area contributed by atoms with E-state index in [2.05, 4.69) is 10.3 Å². The van der Waals surface area contributed by atoms with Crippen molar-refractivity contribution in [3.8, 4) is 0 Å². The highest BCUT2D eigenvalue weighted by Gasteiger charge is 2.42. The van der Waals surface area contributed by atoms with Crippen LogP contribution in [0, 0.1) is 18.6 Å². The van der Waals surface area contributed by atoms with Gasteiger partial charge in [0.1, 0.15) is 11.9 Å². The van der Waals surface area contributed by atoms with Crippen molar-refractivity contribution in [1.82, 2.24) is 10.3 Å². The molecule has 6 nitrogen and oxygen atoms in total. The Morgan fingerprint density at radius 2 is 1.91 bits per heavy atom. The van der Waals surface area contributed by atoms with E-state index in [9.17, 15) is 26.7 Å². The second kappa shape index (κ2) is 9.46. The number of ether oxygens (including phenoxy) is 1. The van der Waals surface area contributed by atoms with E-state index in [4.69, 9.17) is 4.74 Å². The van der Waals surface area contributed by atoms with Crippen LogP contribution in [0.3, 0.4) is 0 Å². The summed E-state index contributed by atoms with van der Waals surface area (Å²) in [5.41, 5.74) is -0.505. The SMILES string of the molecule is CCN(C(=O)C1CC(NC2COC2)CN1c1cc(C(F)(F)F)cc(C)n1)c1ccc(F)c(F)c1. The molecule has 2 saturated heterocycles. The first-order chi connectivity index (χ1) is 16.1. The van der Waals surface area contributed by atoms with Crippen molar-refractivity contribution in [1.29, 1.82) is 0 Å². The highest BCUT2D eigenvalue weighted by Crippen LogP contribution is 2.34. The van der Waals surface area contributed by atoms with Crippen LogP contribution in [0.25, 0.3) is 0 Å². The number of nitrogens with one attached hydrogen (secondary N) is 1. The van der Waals surface area contributed by atoms with Crippen molar-refractivity contribution in [2.24, 2.45) is 0 Å². The highest BCUT2D eigenvalue weighted by molar-refractivity contribution is 5.99. The Labute approximate surface area is 193 Å². The van der Waals surface area contributed by atoms with Gasteiger partial charge in [-0.05, 0) is 44.5 Å². The van der Waals surface area contributed by atoms with E-state index < -0.39 is 35.3 Å². The molecule has 2 fully saturated rings. The maximum atomic E-state index is 13.8. The zero-order chi connectivity index (χ0) is 24.6. The molecule has 11 heteroatoms. The van der Waals surface area contributed by atoms with Crippen molar-refractivity contribution in [3.63, 3.8) is 0 Å². The maximum Gasteiger partial charge on any atom is 0.416 e. The third-order valence-corrected chi connectivity index (χ3v) is 6.05. The number of rotatable bonds is 6. The Kier molecular flexibility index (Phi) is 6.77. The normalized spacial score (nSPS) is 21.0. The molecule has 0 aliphatic carbocycles. The lowest BCUT2D eigenvalue weighted by molar-refractivity contribution is -0.137. The minimum atomic E-state index is -4.57. The molecular weight excluding hydrogens is 459 g/mol. The van der Waals surface area contributed by atoms with Crippen LogP contribution in [0.1, 0.15) is 24.6 Å². The molecule has 1 aromatic heterocycles. The molecule has 2 aliphatic rings. The van der Waals surface area contributed by atoms with Gasteiger partial charge in [-0.1, -0.05) is 0 Å². The number of anilines is 2. The number of hydrogen-bond acceptors (Lipinski definition) is 5. The van der Waals surface area contributed by atoms with Crippen LogP contribution >= 0.6 is 0 Å². The van der Waals surface area contributed by atoms with Crippen molar-refractivity contribution < 1.29 is 31.5 Å². The zero-order valence-corrected chi connectivity index (χ0v) is 18.7. The number of nitrogens with zero attached hydrogens (tertiary/aromatic N) is 3. The fraction of sp³-hybridized carbons (Fsp3) is 0.478. The first-order valence-corrected chi connectivity index (χ1v) is 11.0. The second-order valence-corrected chi connectivity index (χ2v) is 8.54. The maximum absolute atomic E-state index is 13.8. The lowest BCUT2D eigenvalue weighted by Gasteiger charge is -2.31. The van der Waals surface area contributed by atoms with Crippen LogP contribution in [0.5, 0.6) is 0 Å². The van der Waals surface area contributed by atoms with Crippen LogP contribution in [-0.4, -0.2) is 55.3 Å². The number of aryl methyl sites for hydroxylation is 1. The molecule has 2 unspecified atom stereocenters. The van der Waals surface area contributed by atoms with E-state index >= 15 is 0 Å². The van der Waals surface area contributed by atoms with Gasteiger partial charge in [0.15, 0.2) is 11.6 Å². The largest absolute Gasteiger partial charge is 0.416 e. The fourth-order valence-corrected chi connectivity index (χ4v) is 4.37. The number of pyridine rings is 1. The van der Waals surface area contributed by atoms with Crippen LogP contribution in [0.4, 0.5) is 33.5 Å². The van der Waals surface area contributed by atoms with E-state index in [0.717, 1.165) is 24.3 Å². The molecule has 34 heavy (non-hydrogen) atoms. The van der Waals surface area contributed by atoms with E-state index in [1.165, 1.54) is 17.9 Å². The minimum absolute atomic E-state index is 0.0428. The molecule has 1 N–H and O–H groups in total. The van der Waals surface area contributed by atoms with Crippen LogP contribution in [0.2, 0.25) is 0 Å². The molecule has 1 aromatic carbocycles. The van der Waals surface area contributed by atoms with Crippen LogP contribution in [0.15, 0.2) is 30.3 Å². The second-order valence-electron chi connectivity index (χ2n) is 8.54. The van der Waals surface area contributed by atoms with Crippen molar-refractivity contribution in [2.75, 3.05) is 36.1 Å². The predicted molar refractivity (Wildman–Crippen MR) is 116 cm³/mol. The third kappa shape index (κ3) is 5.00. The molecule has 2 aliphatic heterocycles. The fourth-order valence-electron chi connectivity index (χ4n) is 4.37. The summed E-state index contributed by atoms with van der Waals surface area (Å²) in [7, 11) is 0. The Morgan fingerprint density at radius 3 is 2.50 bits per heavy atom. The number of aromatic nitrogens is 1. The predicted octanol–water partition coefficient (Wildman–Crippen LogP) is 3.68. The van der Waals surface area contributed by atoms with Gasteiger partial charge in [0.2, 0.25) is 5.91 Å². The lowest BCUT2D eigenvalue weighted by Crippen LogP contribution is -2.51. The average molecular weight is 484 g/mol. The summed E-state index contributed by atoms with van der Waals surface area (Å²) in [4.78, 5) is 20.8. The first kappa shape index (κ1) is 24.3. The molecule has 184 valence electrons. The van der Waals surface area contributed by atoms with E-state index in [1.54, 1.807) is 11.8 Å². The number of likely N-dealkylation sites (N-methyl/N-ethyl adjacent to an activating group) is 1. The Balaban J connectivity index is 1.67. The zero-order valence-electron chi connectivity index (χ0n) is 18.7. The van der Waals surface area contributed by atoms with Gasteiger partial charge in [-0.3, -0.25) is 4.79 Å². The van der Waals surface area contributed by atoms with Crippen LogP contribution in [-0.2, 0) is 15.7 Å². The lowest BCUT2D eigenvalue weighted by atomic mass is 10.1. The standard InChI is InChI=1S/C23H25F5N4O2/c1-3-31(17-4-5-18(24)19(25)9-17)22(33)20-8-15(30-16-11-34-12-16)10-32(20)21-7-14(23(26,27)28)6-13(2)29-21/h4-7,9,15-16,20,30H,3,8,10-12H2,1-2H3. The smallest absolute Gasteiger partial charge is 0.378 e. The van der Waals surface area contributed by atoms with Gasteiger partial charge < -0.3 is 19.9 Å². The summed E-state index contributed by atoms with van der Waals surface area (Å²) < 4.78 is 72.8. The number of carbonyl (C=O) groups excluding carboxylic acids is 1. The summed E-state index contributed by atoms with van der Waals surface area (Å²) in [6, 6.07) is 4.13. The monoisotopic (exact) mass is 484 g/mol. The van der Waals surface area contributed by atoms with E-state index in [-0.39, 0.29) is 42.4 Å².